The quantitative estimate of drug-likeness (QED) is 0.112. The summed E-state index contributed by atoms with van der Waals surface area (Å²) in [4.78, 5) is 68.2. The van der Waals surface area contributed by atoms with Gasteiger partial charge >= 0.3 is 11.9 Å². The highest BCUT2D eigenvalue weighted by atomic mass is 16.6. The van der Waals surface area contributed by atoms with Crippen LogP contribution < -0.4 is 10.6 Å². The number of phenols is 1. The maximum Gasteiger partial charge on any atom is 0.340 e. The van der Waals surface area contributed by atoms with Crippen LogP contribution in [0.4, 0.5) is 11.4 Å². The zero-order chi connectivity index (χ0) is 39.6. The van der Waals surface area contributed by atoms with Crippen molar-refractivity contribution in [2.75, 3.05) is 17.2 Å². The molecule has 12 nitrogen and oxygen atoms in total. The lowest BCUT2D eigenvalue weighted by atomic mass is 9.59. The minimum atomic E-state index is -2.38. The van der Waals surface area contributed by atoms with Crippen molar-refractivity contribution in [3.8, 4) is 5.75 Å². The van der Waals surface area contributed by atoms with E-state index in [0.717, 1.165) is 0 Å². The van der Waals surface area contributed by atoms with Gasteiger partial charge in [0.05, 0.1) is 27.9 Å². The summed E-state index contributed by atoms with van der Waals surface area (Å²) in [6, 6.07) is 18.3. The SMILES string of the molecule is CC(=O)OCC1=CC2C(=O)C3(C=C(C)C(O)C3(O)C1OC(=O)c1ccccc1NC(=O)c1cccc(O)c1NC(=O)c1ccccc1)C(C)CC1C2C1(C)C. The van der Waals surface area contributed by atoms with Gasteiger partial charge in [0.2, 0.25) is 0 Å². The predicted molar refractivity (Wildman–Crippen MR) is 201 cm³/mol. The second kappa shape index (κ2) is 13.6. The lowest BCUT2D eigenvalue weighted by Crippen LogP contribution is -2.66. The second-order valence-electron chi connectivity index (χ2n) is 15.8. The Morgan fingerprint density at radius 3 is 2.29 bits per heavy atom. The van der Waals surface area contributed by atoms with Crippen LogP contribution in [-0.2, 0) is 19.1 Å². The van der Waals surface area contributed by atoms with Crippen molar-refractivity contribution in [2.24, 2.45) is 34.5 Å². The Hall–Kier alpha value is -5.59. The zero-order valence-electron chi connectivity index (χ0n) is 31.2. The number of allylic oxidation sites excluding steroid dienone is 1. The standard InChI is InChI=1S/C43H44N2O10/c1-22-20-42-23(2)18-30-33(41(30,4)5)29(36(42)49)19-26(21-54-24(3)46)37(43(42,53)35(22)48)55-40(52)27-14-9-10-16-31(27)44-39(51)28-15-11-17-32(47)34(28)45-38(50)25-12-7-6-8-13-25/h6-17,19-20,23,29-30,33,35,37,47-48,53H,18,21H2,1-5H3,(H,44,51)(H,45,50). The Labute approximate surface area is 318 Å². The molecule has 1 spiro atoms. The van der Waals surface area contributed by atoms with E-state index in [-0.39, 0.29) is 56.9 Å². The molecular formula is C43H44N2O10. The van der Waals surface area contributed by atoms with E-state index in [1.54, 1.807) is 61.5 Å². The number of phenolic OH excluding ortho intramolecular Hbond substituents is 1. The van der Waals surface area contributed by atoms with Crippen LogP contribution in [-0.4, -0.2) is 69.3 Å². The highest BCUT2D eigenvalue weighted by molar-refractivity contribution is 6.15. The van der Waals surface area contributed by atoms with Crippen LogP contribution in [0.15, 0.2) is 96.1 Å². The number of ether oxygens (including phenoxy) is 2. The van der Waals surface area contributed by atoms with Gasteiger partial charge in [-0.2, -0.15) is 0 Å². The van der Waals surface area contributed by atoms with Crippen LogP contribution in [0.2, 0.25) is 0 Å². The molecule has 0 aromatic heterocycles. The molecule has 2 saturated carbocycles. The zero-order valence-corrected chi connectivity index (χ0v) is 31.2. The molecule has 4 aliphatic rings. The molecule has 2 fully saturated rings. The van der Waals surface area contributed by atoms with E-state index < -0.39 is 65.4 Å². The third-order valence-electron chi connectivity index (χ3n) is 12.3. The molecule has 0 radical (unpaired) electrons. The third-order valence-corrected chi connectivity index (χ3v) is 12.3. The first kappa shape index (κ1) is 37.7. The lowest BCUT2D eigenvalue weighted by Gasteiger charge is -2.49. The number of esters is 2. The van der Waals surface area contributed by atoms with Crippen molar-refractivity contribution in [1.29, 1.82) is 0 Å². The number of Topliss-reactive ketones (excluding diaryl/α,β-unsaturated/α-hetero) is 1. The monoisotopic (exact) mass is 748 g/mol. The van der Waals surface area contributed by atoms with E-state index in [1.807, 2.05) is 6.92 Å². The van der Waals surface area contributed by atoms with Crippen molar-refractivity contribution < 1.29 is 48.8 Å². The predicted octanol–water partition coefficient (Wildman–Crippen LogP) is 5.46. The first-order valence-corrected chi connectivity index (χ1v) is 18.3. The number of nitrogens with one attached hydrogen (secondary N) is 2. The molecule has 8 atom stereocenters. The topological polar surface area (TPSA) is 189 Å². The summed E-state index contributed by atoms with van der Waals surface area (Å²) in [6.07, 6.45) is 0.597. The van der Waals surface area contributed by atoms with E-state index in [9.17, 15) is 39.3 Å². The maximum absolute atomic E-state index is 14.9. The summed E-state index contributed by atoms with van der Waals surface area (Å²) in [7, 11) is 0. The number of aromatic hydroxyl groups is 1. The van der Waals surface area contributed by atoms with Crippen LogP contribution in [0.5, 0.6) is 5.75 Å². The number of carbonyl (C=O) groups is 5. The maximum atomic E-state index is 14.9. The second-order valence-corrected chi connectivity index (χ2v) is 15.8. The van der Waals surface area contributed by atoms with Crippen molar-refractivity contribution in [3.63, 3.8) is 0 Å². The van der Waals surface area contributed by atoms with E-state index in [0.29, 0.717) is 17.6 Å². The summed E-state index contributed by atoms with van der Waals surface area (Å²) in [5.41, 5.74) is -3.82. The number of aliphatic hydroxyl groups excluding tert-OH is 1. The largest absolute Gasteiger partial charge is 0.506 e. The number of rotatable bonds is 8. The van der Waals surface area contributed by atoms with Gasteiger partial charge in [-0.25, -0.2) is 4.79 Å². The van der Waals surface area contributed by atoms with Gasteiger partial charge in [0.25, 0.3) is 11.8 Å². The van der Waals surface area contributed by atoms with Gasteiger partial charge in [0.15, 0.2) is 17.5 Å². The molecule has 5 N–H and O–H groups in total. The molecule has 0 aliphatic heterocycles. The Kier molecular flexibility index (Phi) is 9.33. The van der Waals surface area contributed by atoms with Gasteiger partial charge < -0.3 is 35.4 Å². The molecule has 2 amide bonds. The van der Waals surface area contributed by atoms with Crippen LogP contribution in [0.25, 0.3) is 0 Å². The molecule has 286 valence electrons. The van der Waals surface area contributed by atoms with Crippen LogP contribution in [0.1, 0.15) is 72.1 Å². The molecule has 0 saturated heterocycles. The van der Waals surface area contributed by atoms with Gasteiger partial charge in [-0.05, 0) is 78.5 Å². The van der Waals surface area contributed by atoms with Crippen LogP contribution in [0, 0.1) is 34.5 Å². The van der Waals surface area contributed by atoms with E-state index in [2.05, 4.69) is 24.5 Å². The summed E-state index contributed by atoms with van der Waals surface area (Å²) >= 11 is 0. The highest BCUT2D eigenvalue weighted by Gasteiger charge is 2.76. The van der Waals surface area contributed by atoms with Crippen molar-refractivity contribution in [2.45, 2.75) is 58.8 Å². The Morgan fingerprint density at radius 1 is 0.909 bits per heavy atom. The fourth-order valence-electron chi connectivity index (χ4n) is 9.51. The number of fused-ring (bicyclic) bond motifs is 3. The summed E-state index contributed by atoms with van der Waals surface area (Å²) in [6.45, 7) is 8.49. The fourth-order valence-corrected chi connectivity index (χ4v) is 9.51. The van der Waals surface area contributed by atoms with E-state index in [4.69, 9.17) is 9.47 Å². The molecule has 4 aliphatic carbocycles. The van der Waals surface area contributed by atoms with Crippen molar-refractivity contribution >= 4 is 40.9 Å². The molecule has 2 bridgehead atoms. The van der Waals surface area contributed by atoms with Crippen LogP contribution >= 0.6 is 0 Å². The molecule has 8 unspecified atom stereocenters. The van der Waals surface area contributed by atoms with Crippen molar-refractivity contribution in [3.05, 3.63) is 113 Å². The minimum Gasteiger partial charge on any atom is -0.506 e. The number of anilines is 2. The number of hydrogen-bond acceptors (Lipinski definition) is 10. The normalized spacial score (nSPS) is 29.9. The summed E-state index contributed by atoms with van der Waals surface area (Å²) in [5.74, 6) is -4.76. The van der Waals surface area contributed by atoms with E-state index >= 15 is 0 Å². The number of aliphatic hydroxyl groups is 2. The van der Waals surface area contributed by atoms with Gasteiger partial charge in [0, 0.05) is 24.0 Å². The number of carbonyl (C=O) groups excluding carboxylic acids is 5. The van der Waals surface area contributed by atoms with E-state index in [1.165, 1.54) is 37.3 Å². The fraction of sp³-hybridized carbons (Fsp3) is 0.372. The minimum absolute atomic E-state index is 0.00847. The summed E-state index contributed by atoms with van der Waals surface area (Å²) < 4.78 is 11.6. The lowest BCUT2D eigenvalue weighted by molar-refractivity contribution is -0.191. The van der Waals surface area contributed by atoms with Gasteiger partial charge in [-0.1, -0.05) is 69.3 Å². The molecule has 3 aromatic rings. The number of hydrogen-bond donors (Lipinski definition) is 5. The highest BCUT2D eigenvalue weighted by Crippen LogP contribution is 2.71. The number of ketones is 1. The summed E-state index contributed by atoms with van der Waals surface area (Å²) in [5, 5.41) is 40.8. The average Bonchev–Trinajstić information content (AvgIpc) is 3.66. The Morgan fingerprint density at radius 2 is 1.58 bits per heavy atom. The number of amides is 2. The first-order chi connectivity index (χ1) is 26.0. The number of benzene rings is 3. The molecule has 7 rings (SSSR count). The first-order valence-electron chi connectivity index (χ1n) is 18.3. The third kappa shape index (κ3) is 5.95. The molecule has 0 heterocycles. The Balaban J connectivity index is 1.25. The van der Waals surface area contributed by atoms with Crippen molar-refractivity contribution in [1.82, 2.24) is 0 Å². The van der Waals surface area contributed by atoms with Gasteiger partial charge in [-0.15, -0.1) is 0 Å². The average molecular weight is 749 g/mol. The van der Waals surface area contributed by atoms with Gasteiger partial charge in [0.1, 0.15) is 18.5 Å². The smallest absolute Gasteiger partial charge is 0.340 e. The Bertz CT molecular complexity index is 2180. The molecular weight excluding hydrogens is 704 g/mol. The number of para-hydroxylation sites is 2. The molecule has 12 heteroatoms. The van der Waals surface area contributed by atoms with Gasteiger partial charge in [-0.3, -0.25) is 19.2 Å². The van der Waals surface area contributed by atoms with Crippen LogP contribution in [0.3, 0.4) is 0 Å². The molecule has 55 heavy (non-hydrogen) atoms. The molecule has 3 aromatic carbocycles.